The zero-order valence-electron chi connectivity index (χ0n) is 10.5. The second-order valence-corrected chi connectivity index (χ2v) is 5.21. The van der Waals surface area contributed by atoms with Crippen molar-refractivity contribution < 1.29 is 19.6 Å². The van der Waals surface area contributed by atoms with Gasteiger partial charge in [-0.15, -0.1) is 0 Å². The van der Waals surface area contributed by atoms with Crippen molar-refractivity contribution in [1.29, 1.82) is 0 Å². The average Bonchev–Trinajstić information content (AvgIpc) is 2.47. The molecule has 114 valence electrons. The second kappa shape index (κ2) is 6.39. The lowest BCUT2D eigenvalue weighted by atomic mass is 10.2. The molecule has 0 heterocycles. The highest BCUT2D eigenvalue weighted by molar-refractivity contribution is 6.44. The van der Waals surface area contributed by atoms with E-state index in [9.17, 15) is 14.9 Å². The number of aromatic carboxylic acids is 1. The molecule has 0 saturated heterocycles. The van der Waals surface area contributed by atoms with Gasteiger partial charge in [-0.05, 0) is 24.3 Å². The predicted octanol–water partition coefficient (Wildman–Crippen LogP) is 5.05. The molecule has 0 fully saturated rings. The summed E-state index contributed by atoms with van der Waals surface area (Å²) >= 11 is 17.7. The zero-order valence-corrected chi connectivity index (χ0v) is 12.8. The number of ether oxygens (including phenoxy) is 1. The van der Waals surface area contributed by atoms with Gasteiger partial charge in [-0.2, -0.15) is 0 Å². The first-order chi connectivity index (χ1) is 10.3. The fraction of sp³-hybridized carbons (Fsp3) is 0. The normalized spacial score (nSPS) is 10.3. The van der Waals surface area contributed by atoms with Crippen LogP contribution in [0.25, 0.3) is 0 Å². The molecule has 0 aliphatic rings. The minimum atomic E-state index is -1.30. The van der Waals surface area contributed by atoms with E-state index in [4.69, 9.17) is 44.6 Å². The van der Waals surface area contributed by atoms with Gasteiger partial charge >= 0.3 is 11.7 Å². The number of carbonyl (C=O) groups is 1. The van der Waals surface area contributed by atoms with Crippen LogP contribution in [0.4, 0.5) is 5.69 Å². The number of rotatable bonds is 4. The summed E-state index contributed by atoms with van der Waals surface area (Å²) in [5, 5.41) is 20.2. The van der Waals surface area contributed by atoms with Crippen LogP contribution in [-0.2, 0) is 0 Å². The highest BCUT2D eigenvalue weighted by Crippen LogP contribution is 2.42. The van der Waals surface area contributed by atoms with E-state index in [1.54, 1.807) is 0 Å². The molecule has 2 aromatic carbocycles. The van der Waals surface area contributed by atoms with E-state index in [1.165, 1.54) is 12.1 Å². The standard InChI is InChI=1S/C13H6Cl3NO5/c14-7-2-3-8(15)12(11(7)16)22-10-4-1-6(13(18)19)5-9(10)17(20)21/h1-5H,(H,18,19). The van der Waals surface area contributed by atoms with Gasteiger partial charge in [0.1, 0.15) is 5.02 Å². The van der Waals surface area contributed by atoms with Gasteiger partial charge < -0.3 is 9.84 Å². The van der Waals surface area contributed by atoms with Crippen molar-refractivity contribution in [3.8, 4) is 11.5 Å². The molecule has 0 atom stereocenters. The molecular weight excluding hydrogens is 357 g/mol. The number of nitrogens with zero attached hydrogens (tertiary/aromatic N) is 1. The SMILES string of the molecule is O=C(O)c1ccc(Oc2c(Cl)ccc(Cl)c2Cl)c([N+](=O)[O-])c1. The number of hydrogen-bond acceptors (Lipinski definition) is 4. The minimum absolute atomic E-state index is 0.00854. The Morgan fingerprint density at radius 2 is 1.77 bits per heavy atom. The van der Waals surface area contributed by atoms with E-state index in [2.05, 4.69) is 0 Å². The lowest BCUT2D eigenvalue weighted by Crippen LogP contribution is -2.00. The van der Waals surface area contributed by atoms with Gasteiger partial charge in [0.25, 0.3) is 0 Å². The number of hydrogen-bond donors (Lipinski definition) is 1. The van der Waals surface area contributed by atoms with E-state index >= 15 is 0 Å². The highest BCUT2D eigenvalue weighted by Gasteiger charge is 2.21. The summed E-state index contributed by atoms with van der Waals surface area (Å²) in [5.41, 5.74) is -0.783. The van der Waals surface area contributed by atoms with Crippen LogP contribution in [0.2, 0.25) is 15.1 Å². The van der Waals surface area contributed by atoms with E-state index in [1.807, 2.05) is 0 Å². The minimum Gasteiger partial charge on any atom is -0.478 e. The lowest BCUT2D eigenvalue weighted by molar-refractivity contribution is -0.385. The van der Waals surface area contributed by atoms with Gasteiger partial charge in [0.2, 0.25) is 5.75 Å². The molecule has 22 heavy (non-hydrogen) atoms. The summed E-state index contributed by atoms with van der Waals surface area (Å²) in [7, 11) is 0. The lowest BCUT2D eigenvalue weighted by Gasteiger charge is -2.11. The molecule has 0 aromatic heterocycles. The number of benzene rings is 2. The molecule has 0 aliphatic heterocycles. The largest absolute Gasteiger partial charge is 0.478 e. The molecule has 2 aromatic rings. The molecule has 1 N–H and O–H groups in total. The smallest absolute Gasteiger partial charge is 0.335 e. The van der Waals surface area contributed by atoms with Crippen LogP contribution >= 0.6 is 34.8 Å². The summed E-state index contributed by atoms with van der Waals surface area (Å²) in [5.74, 6) is -1.56. The quantitative estimate of drug-likeness (QED) is 0.467. The summed E-state index contributed by atoms with van der Waals surface area (Å²) < 4.78 is 5.37. The van der Waals surface area contributed by atoms with Crippen molar-refractivity contribution in [3.05, 3.63) is 61.1 Å². The highest BCUT2D eigenvalue weighted by atomic mass is 35.5. The maximum Gasteiger partial charge on any atom is 0.335 e. The number of nitro benzene ring substituents is 1. The van der Waals surface area contributed by atoms with Crippen LogP contribution < -0.4 is 4.74 Å². The first-order valence-electron chi connectivity index (χ1n) is 5.64. The summed E-state index contributed by atoms with van der Waals surface area (Å²) in [6.45, 7) is 0. The fourth-order valence-corrected chi connectivity index (χ4v) is 2.19. The molecule has 0 unspecified atom stereocenters. The van der Waals surface area contributed by atoms with E-state index in [0.717, 1.165) is 18.2 Å². The van der Waals surface area contributed by atoms with Crippen LogP contribution in [0.3, 0.4) is 0 Å². The number of carboxylic acids is 1. The maximum absolute atomic E-state index is 11.1. The van der Waals surface area contributed by atoms with Crippen LogP contribution in [0, 0.1) is 10.1 Å². The molecular formula is C13H6Cl3NO5. The third-order valence-electron chi connectivity index (χ3n) is 2.62. The molecule has 0 spiro atoms. The first kappa shape index (κ1) is 16.4. The predicted molar refractivity (Wildman–Crippen MR) is 81.6 cm³/mol. The van der Waals surface area contributed by atoms with Crippen molar-refractivity contribution in [1.82, 2.24) is 0 Å². The first-order valence-corrected chi connectivity index (χ1v) is 6.77. The Labute approximate surface area is 138 Å². The Hall–Kier alpha value is -2.02. The molecule has 2 rings (SSSR count). The second-order valence-electron chi connectivity index (χ2n) is 4.02. The number of halogens is 3. The maximum atomic E-state index is 11.1. The molecule has 0 saturated carbocycles. The van der Waals surface area contributed by atoms with Crippen molar-refractivity contribution in [3.63, 3.8) is 0 Å². The van der Waals surface area contributed by atoms with Crippen LogP contribution in [0.1, 0.15) is 10.4 Å². The van der Waals surface area contributed by atoms with Gasteiger partial charge in [-0.25, -0.2) is 4.79 Å². The fourth-order valence-electron chi connectivity index (χ4n) is 1.59. The Morgan fingerprint density at radius 1 is 1.14 bits per heavy atom. The summed E-state index contributed by atoms with van der Waals surface area (Å²) in [6.07, 6.45) is 0. The Kier molecular flexibility index (Phi) is 4.75. The van der Waals surface area contributed by atoms with Crippen molar-refractivity contribution >= 4 is 46.5 Å². The van der Waals surface area contributed by atoms with E-state index in [0.29, 0.717) is 0 Å². The van der Waals surface area contributed by atoms with Gasteiger partial charge in [-0.3, -0.25) is 10.1 Å². The zero-order chi connectivity index (χ0) is 16.4. The van der Waals surface area contributed by atoms with Gasteiger partial charge in [-0.1, -0.05) is 34.8 Å². The monoisotopic (exact) mass is 361 g/mol. The molecule has 9 heteroatoms. The Balaban J connectivity index is 2.53. The molecule has 0 aliphatic carbocycles. The van der Waals surface area contributed by atoms with E-state index < -0.39 is 16.6 Å². The Morgan fingerprint density at radius 3 is 2.36 bits per heavy atom. The van der Waals surface area contributed by atoms with Crippen LogP contribution in [0.15, 0.2) is 30.3 Å². The number of carboxylic acid groups (broad SMARTS) is 1. The van der Waals surface area contributed by atoms with Crippen LogP contribution in [0.5, 0.6) is 11.5 Å². The third kappa shape index (κ3) is 3.24. The molecule has 0 radical (unpaired) electrons. The topological polar surface area (TPSA) is 89.7 Å². The molecule has 0 bridgehead atoms. The van der Waals surface area contributed by atoms with Gasteiger partial charge in [0.15, 0.2) is 5.75 Å². The van der Waals surface area contributed by atoms with Crippen molar-refractivity contribution in [2.24, 2.45) is 0 Å². The van der Waals surface area contributed by atoms with Gasteiger partial charge in [0.05, 0.1) is 20.5 Å². The Bertz CT molecular complexity index is 779. The molecule has 6 nitrogen and oxygen atoms in total. The van der Waals surface area contributed by atoms with Crippen molar-refractivity contribution in [2.45, 2.75) is 0 Å². The summed E-state index contributed by atoms with van der Waals surface area (Å²) in [4.78, 5) is 21.2. The summed E-state index contributed by atoms with van der Waals surface area (Å²) in [6, 6.07) is 6.06. The molecule has 0 amide bonds. The van der Waals surface area contributed by atoms with E-state index in [-0.39, 0.29) is 32.1 Å². The van der Waals surface area contributed by atoms with Crippen molar-refractivity contribution in [2.75, 3.05) is 0 Å². The number of nitro groups is 1. The van der Waals surface area contributed by atoms with Crippen LogP contribution in [-0.4, -0.2) is 16.0 Å². The third-order valence-corrected chi connectivity index (χ3v) is 3.70. The van der Waals surface area contributed by atoms with Gasteiger partial charge in [0, 0.05) is 6.07 Å². The average molecular weight is 363 g/mol.